The number of carbonyl (C=O) groups is 2. The first-order chi connectivity index (χ1) is 7.08. The molecule has 0 spiro atoms. The van der Waals surface area contributed by atoms with Crippen molar-refractivity contribution in [1.29, 1.82) is 0 Å². The van der Waals surface area contributed by atoms with Gasteiger partial charge in [-0.2, -0.15) is 0 Å². The molecule has 1 rings (SSSR count). The lowest BCUT2D eigenvalue weighted by Gasteiger charge is -1.85. The summed E-state index contributed by atoms with van der Waals surface area (Å²) in [4.78, 5) is 21.3. The summed E-state index contributed by atoms with van der Waals surface area (Å²) in [6.07, 6.45) is 6.04. The Kier molecular flexibility index (Phi) is 3.80. The molecule has 3 heteroatoms. The third kappa shape index (κ3) is 4.22. The number of rotatable bonds is 4. The fraction of sp³-hybridized carbons (Fsp3) is 0.167. The average molecular weight is 204 g/mol. The number of furan rings is 1. The molecule has 1 heterocycles. The van der Waals surface area contributed by atoms with E-state index in [0.717, 1.165) is 0 Å². The van der Waals surface area contributed by atoms with Crippen LogP contribution in [-0.4, -0.2) is 11.6 Å². The molecule has 78 valence electrons. The van der Waals surface area contributed by atoms with Crippen molar-refractivity contribution in [1.82, 2.24) is 0 Å². The van der Waals surface area contributed by atoms with Crippen molar-refractivity contribution in [3.8, 4) is 0 Å². The monoisotopic (exact) mass is 204 g/mol. The SMILES string of the molecule is CC(=O)/C=C/c1ccc(/C=C/C(C)=O)o1. The molecular formula is C12H12O3. The van der Waals surface area contributed by atoms with Crippen LogP contribution in [0.15, 0.2) is 28.7 Å². The van der Waals surface area contributed by atoms with Crippen LogP contribution >= 0.6 is 0 Å². The molecule has 0 unspecified atom stereocenters. The number of ketones is 2. The average Bonchev–Trinajstić information content (AvgIpc) is 2.59. The van der Waals surface area contributed by atoms with Gasteiger partial charge in [-0.3, -0.25) is 9.59 Å². The second-order valence-corrected chi connectivity index (χ2v) is 3.13. The second-order valence-electron chi connectivity index (χ2n) is 3.13. The van der Waals surface area contributed by atoms with Gasteiger partial charge in [0, 0.05) is 0 Å². The molecule has 0 N–H and O–H groups in total. The van der Waals surface area contributed by atoms with Gasteiger partial charge < -0.3 is 4.42 Å². The van der Waals surface area contributed by atoms with E-state index in [1.807, 2.05) is 0 Å². The molecule has 0 aromatic carbocycles. The highest BCUT2D eigenvalue weighted by atomic mass is 16.3. The predicted octanol–water partition coefficient (Wildman–Crippen LogP) is 2.48. The first-order valence-corrected chi connectivity index (χ1v) is 4.55. The van der Waals surface area contributed by atoms with E-state index in [-0.39, 0.29) is 11.6 Å². The number of allylic oxidation sites excluding steroid dienone is 2. The molecule has 1 aromatic rings. The Morgan fingerprint density at radius 2 is 1.40 bits per heavy atom. The fourth-order valence-electron chi connectivity index (χ4n) is 0.947. The lowest BCUT2D eigenvalue weighted by molar-refractivity contribution is -0.113. The van der Waals surface area contributed by atoms with Crippen molar-refractivity contribution in [2.75, 3.05) is 0 Å². The molecule has 0 aliphatic carbocycles. The van der Waals surface area contributed by atoms with Crippen LogP contribution in [0.1, 0.15) is 25.4 Å². The van der Waals surface area contributed by atoms with Crippen LogP contribution in [0.25, 0.3) is 12.2 Å². The Labute approximate surface area is 88.1 Å². The van der Waals surface area contributed by atoms with Gasteiger partial charge in [0.1, 0.15) is 11.5 Å². The van der Waals surface area contributed by atoms with Crippen molar-refractivity contribution < 1.29 is 14.0 Å². The van der Waals surface area contributed by atoms with Crippen LogP contribution in [0.5, 0.6) is 0 Å². The molecule has 3 nitrogen and oxygen atoms in total. The van der Waals surface area contributed by atoms with E-state index < -0.39 is 0 Å². The minimum absolute atomic E-state index is 0.0350. The largest absolute Gasteiger partial charge is 0.457 e. The molecule has 0 radical (unpaired) electrons. The molecule has 0 aliphatic rings. The highest BCUT2D eigenvalue weighted by Crippen LogP contribution is 2.11. The van der Waals surface area contributed by atoms with Gasteiger partial charge in [-0.25, -0.2) is 0 Å². The van der Waals surface area contributed by atoms with Gasteiger partial charge in [-0.15, -0.1) is 0 Å². The number of hydrogen-bond acceptors (Lipinski definition) is 3. The van der Waals surface area contributed by atoms with Crippen molar-refractivity contribution >= 4 is 23.7 Å². The van der Waals surface area contributed by atoms with Crippen LogP contribution in [-0.2, 0) is 9.59 Å². The lowest BCUT2D eigenvalue weighted by atomic mass is 10.3. The molecular weight excluding hydrogens is 192 g/mol. The minimum atomic E-state index is -0.0350. The molecule has 0 bridgehead atoms. The topological polar surface area (TPSA) is 47.3 Å². The van der Waals surface area contributed by atoms with E-state index >= 15 is 0 Å². The minimum Gasteiger partial charge on any atom is -0.457 e. The van der Waals surface area contributed by atoms with Gasteiger partial charge in [0.15, 0.2) is 11.6 Å². The lowest BCUT2D eigenvalue weighted by Crippen LogP contribution is -1.79. The highest BCUT2D eigenvalue weighted by Gasteiger charge is 1.95. The maximum Gasteiger partial charge on any atom is 0.152 e. The van der Waals surface area contributed by atoms with Crippen LogP contribution in [0.4, 0.5) is 0 Å². The van der Waals surface area contributed by atoms with E-state index in [0.29, 0.717) is 11.5 Å². The third-order valence-electron chi connectivity index (χ3n) is 1.61. The summed E-state index contributed by atoms with van der Waals surface area (Å²) in [6.45, 7) is 2.94. The molecule has 0 amide bonds. The molecule has 0 atom stereocenters. The predicted molar refractivity (Wildman–Crippen MR) is 58.1 cm³/mol. The number of hydrogen-bond donors (Lipinski definition) is 0. The van der Waals surface area contributed by atoms with E-state index in [4.69, 9.17) is 4.42 Å². The zero-order chi connectivity index (χ0) is 11.3. The Balaban J connectivity index is 2.72. The number of carbonyl (C=O) groups excluding carboxylic acids is 2. The molecule has 0 fully saturated rings. The fourth-order valence-corrected chi connectivity index (χ4v) is 0.947. The van der Waals surface area contributed by atoms with Gasteiger partial charge >= 0.3 is 0 Å². The van der Waals surface area contributed by atoms with Gasteiger partial charge in [-0.1, -0.05) is 0 Å². The van der Waals surface area contributed by atoms with Crippen molar-refractivity contribution in [2.24, 2.45) is 0 Å². The van der Waals surface area contributed by atoms with E-state index in [9.17, 15) is 9.59 Å². The maximum absolute atomic E-state index is 10.7. The standard InChI is InChI=1S/C12H12O3/c1-9(13)3-5-11-7-8-12(15-11)6-4-10(2)14/h3-8H,1-2H3/b5-3+,6-4+. The van der Waals surface area contributed by atoms with Gasteiger partial charge in [-0.05, 0) is 50.3 Å². The smallest absolute Gasteiger partial charge is 0.152 e. The van der Waals surface area contributed by atoms with Crippen molar-refractivity contribution in [3.63, 3.8) is 0 Å². The Morgan fingerprint density at radius 1 is 1.00 bits per heavy atom. The van der Waals surface area contributed by atoms with E-state index in [2.05, 4.69) is 0 Å². The second kappa shape index (κ2) is 5.10. The quantitative estimate of drug-likeness (QED) is 0.708. The van der Waals surface area contributed by atoms with Crippen molar-refractivity contribution in [2.45, 2.75) is 13.8 Å². The Morgan fingerprint density at radius 3 is 1.73 bits per heavy atom. The Bertz CT molecular complexity index is 383. The molecule has 15 heavy (non-hydrogen) atoms. The summed E-state index contributed by atoms with van der Waals surface area (Å²) in [7, 11) is 0. The maximum atomic E-state index is 10.7. The van der Waals surface area contributed by atoms with Crippen LogP contribution in [0.3, 0.4) is 0 Å². The molecule has 0 aliphatic heterocycles. The zero-order valence-electron chi connectivity index (χ0n) is 8.69. The van der Waals surface area contributed by atoms with E-state index in [1.165, 1.54) is 26.0 Å². The first-order valence-electron chi connectivity index (χ1n) is 4.55. The zero-order valence-corrected chi connectivity index (χ0v) is 8.69. The van der Waals surface area contributed by atoms with Gasteiger partial charge in [0.05, 0.1) is 0 Å². The summed E-state index contributed by atoms with van der Waals surface area (Å²) in [5.41, 5.74) is 0. The van der Waals surface area contributed by atoms with Crippen LogP contribution in [0.2, 0.25) is 0 Å². The summed E-state index contributed by atoms with van der Waals surface area (Å²) in [5, 5.41) is 0. The normalized spacial score (nSPS) is 11.3. The Hall–Kier alpha value is -1.90. The summed E-state index contributed by atoms with van der Waals surface area (Å²) >= 11 is 0. The van der Waals surface area contributed by atoms with Crippen LogP contribution in [0, 0.1) is 0 Å². The third-order valence-corrected chi connectivity index (χ3v) is 1.61. The summed E-state index contributed by atoms with van der Waals surface area (Å²) in [6, 6.07) is 3.47. The van der Waals surface area contributed by atoms with Crippen LogP contribution < -0.4 is 0 Å². The first kappa shape index (κ1) is 11.2. The molecule has 0 saturated heterocycles. The van der Waals surface area contributed by atoms with Gasteiger partial charge in [0.25, 0.3) is 0 Å². The van der Waals surface area contributed by atoms with Crippen molar-refractivity contribution in [3.05, 3.63) is 35.8 Å². The van der Waals surface area contributed by atoms with E-state index in [1.54, 1.807) is 24.3 Å². The highest BCUT2D eigenvalue weighted by molar-refractivity contribution is 5.92. The van der Waals surface area contributed by atoms with Gasteiger partial charge in [0.2, 0.25) is 0 Å². The molecule has 0 saturated carbocycles. The summed E-state index contributed by atoms with van der Waals surface area (Å²) < 4.78 is 5.31. The molecule has 1 aromatic heterocycles. The summed E-state index contributed by atoms with van der Waals surface area (Å²) in [5.74, 6) is 1.11.